The molecule has 40 heavy (non-hydrogen) atoms. The van der Waals surface area contributed by atoms with Gasteiger partial charge in [-0.3, -0.25) is 4.79 Å². The molecule has 1 aliphatic carbocycles. The largest absolute Gasteiger partial charge is 0.497 e. The third kappa shape index (κ3) is 7.64. The molecule has 0 radical (unpaired) electrons. The highest BCUT2D eigenvalue weighted by Gasteiger charge is 2.43. The quantitative estimate of drug-likeness (QED) is 0.289. The van der Waals surface area contributed by atoms with Crippen LogP contribution in [-0.4, -0.2) is 40.4 Å². The topological polar surface area (TPSA) is 134 Å². The van der Waals surface area contributed by atoms with E-state index in [9.17, 15) is 18.0 Å². The molecule has 1 aliphatic rings. The van der Waals surface area contributed by atoms with Crippen LogP contribution in [0, 0.1) is 5.92 Å². The SMILES string of the molecule is COc1cccc(-c2ccc(C(Oc3cc(C4=CCC(CC(N)C(=O)O)CC4)nc(N)n3)C(F)(F)F)cc2)c1.Cl. The summed E-state index contributed by atoms with van der Waals surface area (Å²) in [5.41, 5.74) is 14.0. The fourth-order valence-electron chi connectivity index (χ4n) is 4.56. The van der Waals surface area contributed by atoms with Crippen molar-refractivity contribution in [1.29, 1.82) is 0 Å². The van der Waals surface area contributed by atoms with Crippen molar-refractivity contribution in [1.82, 2.24) is 9.97 Å². The molecule has 5 N–H and O–H groups in total. The van der Waals surface area contributed by atoms with Crippen molar-refractivity contribution in [3.8, 4) is 22.8 Å². The summed E-state index contributed by atoms with van der Waals surface area (Å²) in [6.07, 6.45) is -3.00. The number of carbonyl (C=O) groups is 1. The number of nitrogen functional groups attached to an aromatic ring is 1. The van der Waals surface area contributed by atoms with Gasteiger partial charge in [0.2, 0.25) is 17.9 Å². The fraction of sp³-hybridized carbons (Fsp3) is 0.321. The van der Waals surface area contributed by atoms with Crippen molar-refractivity contribution in [3.63, 3.8) is 0 Å². The van der Waals surface area contributed by atoms with Gasteiger partial charge in [0.05, 0.1) is 12.8 Å². The lowest BCUT2D eigenvalue weighted by Crippen LogP contribution is -2.32. The van der Waals surface area contributed by atoms with Gasteiger partial charge >= 0.3 is 12.1 Å². The Morgan fingerprint density at radius 1 is 1.12 bits per heavy atom. The Kier molecular flexibility index (Phi) is 9.99. The zero-order chi connectivity index (χ0) is 28.2. The third-order valence-electron chi connectivity index (χ3n) is 6.63. The Balaban J connectivity index is 0.00000441. The van der Waals surface area contributed by atoms with Gasteiger partial charge in [-0.1, -0.05) is 42.5 Å². The second-order valence-electron chi connectivity index (χ2n) is 9.39. The van der Waals surface area contributed by atoms with Crippen molar-refractivity contribution < 1.29 is 32.5 Å². The molecule has 0 saturated heterocycles. The fourth-order valence-corrected chi connectivity index (χ4v) is 4.56. The van der Waals surface area contributed by atoms with E-state index in [1.807, 2.05) is 12.1 Å². The van der Waals surface area contributed by atoms with Crippen molar-refractivity contribution in [2.24, 2.45) is 11.7 Å². The maximum absolute atomic E-state index is 14.1. The van der Waals surface area contributed by atoms with Crippen molar-refractivity contribution in [2.45, 2.75) is 44.0 Å². The van der Waals surface area contributed by atoms with E-state index in [0.29, 0.717) is 37.1 Å². The molecule has 0 fully saturated rings. The summed E-state index contributed by atoms with van der Waals surface area (Å²) in [5.74, 6) is -0.841. The molecule has 0 saturated carbocycles. The first kappa shape index (κ1) is 30.7. The molecule has 8 nitrogen and oxygen atoms in total. The van der Waals surface area contributed by atoms with Crippen LogP contribution in [0.4, 0.5) is 19.1 Å². The molecule has 1 heterocycles. The van der Waals surface area contributed by atoms with Crippen LogP contribution in [-0.2, 0) is 4.79 Å². The van der Waals surface area contributed by atoms with E-state index in [1.165, 1.54) is 18.2 Å². The predicted molar refractivity (Wildman–Crippen MR) is 147 cm³/mol. The third-order valence-corrected chi connectivity index (χ3v) is 6.63. The summed E-state index contributed by atoms with van der Waals surface area (Å²) in [6.45, 7) is 0. The first-order chi connectivity index (χ1) is 18.5. The molecule has 12 heteroatoms. The molecular formula is C28H30ClF3N4O4. The number of rotatable bonds is 9. The van der Waals surface area contributed by atoms with Gasteiger partial charge in [-0.15, -0.1) is 12.4 Å². The second-order valence-corrected chi connectivity index (χ2v) is 9.39. The maximum atomic E-state index is 14.1. The molecule has 3 aromatic rings. The minimum absolute atomic E-state index is 0. The minimum Gasteiger partial charge on any atom is -0.497 e. The number of aliphatic carboxylic acids is 1. The van der Waals surface area contributed by atoms with Gasteiger partial charge in [0.25, 0.3) is 0 Å². The van der Waals surface area contributed by atoms with Crippen LogP contribution < -0.4 is 20.9 Å². The number of carboxylic acids is 1. The lowest BCUT2D eigenvalue weighted by Gasteiger charge is -2.24. The number of ether oxygens (including phenoxy) is 2. The zero-order valence-electron chi connectivity index (χ0n) is 21.6. The summed E-state index contributed by atoms with van der Waals surface area (Å²) in [6, 6.07) is 13.5. The maximum Gasteiger partial charge on any atom is 0.429 e. The molecule has 1 aromatic heterocycles. The molecule has 0 amide bonds. The van der Waals surface area contributed by atoms with Gasteiger partial charge in [0, 0.05) is 11.6 Å². The van der Waals surface area contributed by atoms with Crippen LogP contribution in [0.3, 0.4) is 0 Å². The molecule has 3 unspecified atom stereocenters. The van der Waals surface area contributed by atoms with Gasteiger partial charge in [0.1, 0.15) is 11.8 Å². The Labute approximate surface area is 235 Å². The summed E-state index contributed by atoms with van der Waals surface area (Å²) >= 11 is 0. The van der Waals surface area contributed by atoms with E-state index >= 15 is 0 Å². The van der Waals surface area contributed by atoms with E-state index in [1.54, 1.807) is 37.4 Å². The first-order valence-electron chi connectivity index (χ1n) is 12.3. The second kappa shape index (κ2) is 13.0. The molecule has 4 rings (SSSR count). The number of aromatic nitrogens is 2. The van der Waals surface area contributed by atoms with Crippen LogP contribution in [0.5, 0.6) is 11.6 Å². The summed E-state index contributed by atoms with van der Waals surface area (Å²) < 4.78 is 52.9. The number of allylic oxidation sites excluding steroid dienone is 2. The van der Waals surface area contributed by atoms with Gasteiger partial charge in [-0.05, 0) is 60.4 Å². The van der Waals surface area contributed by atoms with Gasteiger partial charge < -0.3 is 26.0 Å². The van der Waals surface area contributed by atoms with Crippen molar-refractivity contribution in [3.05, 3.63) is 71.9 Å². The Hall–Kier alpha value is -3.83. The number of benzene rings is 2. The minimum atomic E-state index is -4.72. The van der Waals surface area contributed by atoms with E-state index < -0.39 is 24.3 Å². The summed E-state index contributed by atoms with van der Waals surface area (Å²) in [5, 5.41) is 9.03. The number of alkyl halides is 3. The molecule has 0 bridgehead atoms. The van der Waals surface area contributed by atoms with E-state index in [0.717, 1.165) is 16.7 Å². The number of anilines is 1. The highest BCUT2D eigenvalue weighted by atomic mass is 35.5. The van der Waals surface area contributed by atoms with Gasteiger partial charge in [0.15, 0.2) is 0 Å². The molecule has 0 spiro atoms. The standard InChI is InChI=1S/C28H29F3N4O4.ClH/c1-38-21-4-2-3-20(14-21)17-9-11-19(12-10-17)25(28(29,30)31)39-24-15-23(34-27(33)35-24)18-7-5-16(6-8-18)13-22(32)26(36)37;/h2-4,7,9-12,14-16,22,25H,5-6,8,13,32H2,1H3,(H,36,37)(H2,33,34,35);1H. The smallest absolute Gasteiger partial charge is 0.429 e. The Morgan fingerprint density at radius 2 is 1.85 bits per heavy atom. The van der Waals surface area contributed by atoms with E-state index in [4.69, 9.17) is 26.0 Å². The van der Waals surface area contributed by atoms with Crippen molar-refractivity contribution >= 4 is 29.9 Å². The summed E-state index contributed by atoms with van der Waals surface area (Å²) in [4.78, 5) is 19.1. The highest BCUT2D eigenvalue weighted by molar-refractivity contribution is 5.85. The number of carboxylic acid groups (broad SMARTS) is 1. The molecule has 0 aliphatic heterocycles. The van der Waals surface area contributed by atoms with E-state index in [2.05, 4.69) is 9.97 Å². The van der Waals surface area contributed by atoms with Crippen LogP contribution >= 0.6 is 12.4 Å². The number of hydrogen-bond donors (Lipinski definition) is 3. The van der Waals surface area contributed by atoms with Crippen molar-refractivity contribution in [2.75, 3.05) is 12.8 Å². The Bertz CT molecular complexity index is 1350. The number of hydrogen-bond acceptors (Lipinski definition) is 7. The number of nitrogens with two attached hydrogens (primary N) is 2. The normalized spacial score (nSPS) is 16.7. The van der Waals surface area contributed by atoms with Crippen LogP contribution in [0.25, 0.3) is 16.7 Å². The average Bonchev–Trinajstić information content (AvgIpc) is 2.91. The molecular weight excluding hydrogens is 549 g/mol. The molecule has 2 aromatic carbocycles. The average molecular weight is 579 g/mol. The first-order valence-corrected chi connectivity index (χ1v) is 12.3. The lowest BCUT2D eigenvalue weighted by atomic mass is 9.84. The number of nitrogens with zero attached hydrogens (tertiary/aromatic N) is 2. The molecule has 214 valence electrons. The van der Waals surface area contributed by atoms with Gasteiger partial charge in [-0.2, -0.15) is 18.2 Å². The summed E-state index contributed by atoms with van der Waals surface area (Å²) in [7, 11) is 1.54. The lowest BCUT2D eigenvalue weighted by molar-refractivity contribution is -0.198. The van der Waals surface area contributed by atoms with E-state index in [-0.39, 0.29) is 35.7 Å². The highest BCUT2D eigenvalue weighted by Crippen LogP contribution is 2.39. The Morgan fingerprint density at radius 3 is 2.45 bits per heavy atom. The predicted octanol–water partition coefficient (Wildman–Crippen LogP) is 5.82. The molecule has 3 atom stereocenters. The zero-order valence-corrected chi connectivity index (χ0v) is 22.4. The van der Waals surface area contributed by atoms with Crippen LogP contribution in [0.15, 0.2) is 60.7 Å². The number of halogens is 4. The van der Waals surface area contributed by atoms with Crippen LogP contribution in [0.1, 0.15) is 43.0 Å². The van der Waals surface area contributed by atoms with Gasteiger partial charge in [-0.25, -0.2) is 4.98 Å². The van der Waals surface area contributed by atoms with Crippen LogP contribution in [0.2, 0.25) is 0 Å². The number of methoxy groups -OCH3 is 1. The monoisotopic (exact) mass is 578 g/mol.